The number of hydrogen-bond acceptors (Lipinski definition) is 4. The molecule has 1 aliphatic rings. The van der Waals surface area contributed by atoms with Crippen molar-refractivity contribution >= 4 is 17.1 Å². The molecule has 4 heteroatoms. The van der Waals surface area contributed by atoms with Crippen LogP contribution >= 0.6 is 11.3 Å². The van der Waals surface area contributed by atoms with Crippen LogP contribution in [-0.2, 0) is 6.54 Å². The topological polar surface area (TPSA) is 33.2 Å². The third kappa shape index (κ3) is 3.39. The molecule has 0 N–H and O–H groups in total. The molecule has 1 fully saturated rings. The van der Waals surface area contributed by atoms with Gasteiger partial charge < -0.3 is 0 Å². The lowest BCUT2D eigenvalue weighted by atomic mass is 9.92. The molecular formula is C17H20N2OS. The fraction of sp³-hybridized carbons (Fsp3) is 0.412. The number of carbonyl (C=O) groups excluding carboxylic acids is 1. The van der Waals surface area contributed by atoms with E-state index in [0.29, 0.717) is 5.78 Å². The first kappa shape index (κ1) is 14.4. The third-order valence-corrected chi connectivity index (χ3v) is 5.10. The van der Waals surface area contributed by atoms with E-state index in [4.69, 9.17) is 0 Å². The predicted octanol–water partition coefficient (Wildman–Crippen LogP) is 3.55. The Morgan fingerprint density at radius 3 is 3.05 bits per heavy atom. The van der Waals surface area contributed by atoms with Gasteiger partial charge in [-0.2, -0.15) is 0 Å². The maximum Gasteiger partial charge on any atom is 0.177 e. The van der Waals surface area contributed by atoms with Gasteiger partial charge in [-0.1, -0.05) is 6.07 Å². The minimum Gasteiger partial charge on any atom is -0.297 e. The Balaban J connectivity index is 1.66. The second-order valence-corrected chi connectivity index (χ2v) is 6.61. The van der Waals surface area contributed by atoms with Gasteiger partial charge in [-0.15, -0.1) is 11.3 Å². The quantitative estimate of drug-likeness (QED) is 0.810. The van der Waals surface area contributed by atoms with Gasteiger partial charge in [0, 0.05) is 25.2 Å². The van der Waals surface area contributed by atoms with Gasteiger partial charge in [0.25, 0.3) is 0 Å². The average molecular weight is 300 g/mol. The third-order valence-electron chi connectivity index (χ3n) is 4.07. The van der Waals surface area contributed by atoms with Crippen LogP contribution in [0.4, 0.5) is 0 Å². The molecule has 1 atom stereocenters. The SMILES string of the molecule is Cc1ccsc1C(=O)C1CCCN(Cc2ccccn2)C1. The summed E-state index contributed by atoms with van der Waals surface area (Å²) in [6.07, 6.45) is 3.93. The number of piperidine rings is 1. The highest BCUT2D eigenvalue weighted by Crippen LogP contribution is 2.26. The van der Waals surface area contributed by atoms with Gasteiger partial charge in [-0.25, -0.2) is 0 Å². The van der Waals surface area contributed by atoms with Crippen molar-refractivity contribution in [3.8, 4) is 0 Å². The first-order valence-electron chi connectivity index (χ1n) is 7.44. The highest BCUT2D eigenvalue weighted by molar-refractivity contribution is 7.12. The number of Topliss-reactive ketones (excluding diaryl/α,β-unsaturated/α-hetero) is 1. The van der Waals surface area contributed by atoms with Crippen molar-refractivity contribution in [2.45, 2.75) is 26.3 Å². The summed E-state index contributed by atoms with van der Waals surface area (Å²) >= 11 is 1.58. The Kier molecular flexibility index (Phi) is 4.46. The number of nitrogens with zero attached hydrogens (tertiary/aromatic N) is 2. The zero-order valence-electron chi connectivity index (χ0n) is 12.3. The van der Waals surface area contributed by atoms with E-state index in [9.17, 15) is 4.79 Å². The van der Waals surface area contributed by atoms with E-state index in [-0.39, 0.29) is 5.92 Å². The number of rotatable bonds is 4. The molecular weight excluding hydrogens is 280 g/mol. The first-order chi connectivity index (χ1) is 10.2. The molecule has 110 valence electrons. The zero-order chi connectivity index (χ0) is 14.7. The van der Waals surface area contributed by atoms with E-state index < -0.39 is 0 Å². The smallest absolute Gasteiger partial charge is 0.177 e. The fourth-order valence-electron chi connectivity index (χ4n) is 2.94. The molecule has 3 rings (SSSR count). The molecule has 0 saturated carbocycles. The van der Waals surface area contributed by atoms with Crippen molar-refractivity contribution in [2.24, 2.45) is 5.92 Å². The number of thiophene rings is 1. The number of aryl methyl sites for hydroxylation is 1. The summed E-state index contributed by atoms with van der Waals surface area (Å²) in [5.74, 6) is 0.466. The summed E-state index contributed by atoms with van der Waals surface area (Å²) in [6, 6.07) is 8.04. The predicted molar refractivity (Wildman–Crippen MR) is 85.6 cm³/mol. The van der Waals surface area contributed by atoms with Gasteiger partial charge in [0.2, 0.25) is 0 Å². The largest absolute Gasteiger partial charge is 0.297 e. The number of hydrogen-bond donors (Lipinski definition) is 0. The van der Waals surface area contributed by atoms with Crippen LogP contribution in [0.3, 0.4) is 0 Å². The molecule has 3 heterocycles. The zero-order valence-corrected chi connectivity index (χ0v) is 13.1. The van der Waals surface area contributed by atoms with Gasteiger partial charge in [0.05, 0.1) is 10.6 Å². The minimum atomic E-state index is 0.139. The molecule has 1 unspecified atom stereocenters. The normalized spacial score (nSPS) is 19.6. The number of carbonyl (C=O) groups is 1. The van der Waals surface area contributed by atoms with Crippen molar-refractivity contribution in [3.05, 3.63) is 52.0 Å². The molecule has 2 aromatic rings. The molecule has 0 aliphatic carbocycles. The Hall–Kier alpha value is -1.52. The van der Waals surface area contributed by atoms with E-state index in [1.54, 1.807) is 11.3 Å². The summed E-state index contributed by atoms with van der Waals surface area (Å²) in [4.78, 5) is 20.3. The van der Waals surface area contributed by atoms with Crippen molar-refractivity contribution in [2.75, 3.05) is 13.1 Å². The number of ketones is 1. The summed E-state index contributed by atoms with van der Waals surface area (Å²) < 4.78 is 0. The Labute approximate surface area is 129 Å². The van der Waals surface area contributed by atoms with Gasteiger partial charge in [0.1, 0.15) is 0 Å². The molecule has 0 radical (unpaired) electrons. The van der Waals surface area contributed by atoms with Crippen molar-refractivity contribution < 1.29 is 4.79 Å². The molecule has 0 bridgehead atoms. The molecule has 1 saturated heterocycles. The number of aromatic nitrogens is 1. The molecule has 1 aliphatic heterocycles. The Morgan fingerprint density at radius 2 is 2.33 bits per heavy atom. The molecule has 2 aromatic heterocycles. The molecule has 21 heavy (non-hydrogen) atoms. The maximum absolute atomic E-state index is 12.6. The van der Waals surface area contributed by atoms with Crippen LogP contribution < -0.4 is 0 Å². The summed E-state index contributed by atoms with van der Waals surface area (Å²) in [7, 11) is 0. The lowest BCUT2D eigenvalue weighted by Crippen LogP contribution is -2.38. The summed E-state index contributed by atoms with van der Waals surface area (Å²) in [6.45, 7) is 4.78. The lowest BCUT2D eigenvalue weighted by Gasteiger charge is -2.31. The summed E-state index contributed by atoms with van der Waals surface area (Å²) in [5.41, 5.74) is 2.20. The van der Waals surface area contributed by atoms with Crippen LogP contribution in [0.15, 0.2) is 35.8 Å². The Morgan fingerprint density at radius 1 is 1.43 bits per heavy atom. The van der Waals surface area contributed by atoms with E-state index in [1.165, 1.54) is 0 Å². The van der Waals surface area contributed by atoms with Crippen LogP contribution in [0.2, 0.25) is 0 Å². The van der Waals surface area contributed by atoms with Crippen molar-refractivity contribution in [3.63, 3.8) is 0 Å². The van der Waals surface area contributed by atoms with E-state index in [0.717, 1.165) is 48.6 Å². The van der Waals surface area contributed by atoms with Crippen LogP contribution in [0, 0.1) is 12.8 Å². The average Bonchev–Trinajstić information content (AvgIpc) is 2.94. The van der Waals surface area contributed by atoms with Crippen LogP contribution in [-0.4, -0.2) is 28.8 Å². The second kappa shape index (κ2) is 6.50. The van der Waals surface area contributed by atoms with Crippen molar-refractivity contribution in [1.29, 1.82) is 0 Å². The molecule has 0 spiro atoms. The second-order valence-electron chi connectivity index (χ2n) is 5.69. The first-order valence-corrected chi connectivity index (χ1v) is 8.32. The van der Waals surface area contributed by atoms with Crippen LogP contribution in [0.1, 0.15) is 33.8 Å². The van der Waals surface area contributed by atoms with Gasteiger partial charge >= 0.3 is 0 Å². The lowest BCUT2D eigenvalue weighted by molar-refractivity contribution is 0.0814. The van der Waals surface area contributed by atoms with Gasteiger partial charge in [-0.05, 0) is 55.5 Å². The number of likely N-dealkylation sites (tertiary alicyclic amines) is 1. The summed E-state index contributed by atoms with van der Waals surface area (Å²) in [5, 5.41) is 2.01. The van der Waals surface area contributed by atoms with E-state index in [1.807, 2.05) is 36.7 Å². The molecule has 3 nitrogen and oxygen atoms in total. The number of pyridine rings is 1. The molecule has 0 amide bonds. The Bertz CT molecular complexity index is 608. The van der Waals surface area contributed by atoms with Gasteiger partial charge in [-0.3, -0.25) is 14.7 Å². The maximum atomic E-state index is 12.6. The standard InChI is InChI=1S/C17H20N2OS/c1-13-7-10-21-17(13)16(20)14-5-4-9-19(11-14)12-15-6-2-3-8-18-15/h2-3,6-8,10,14H,4-5,9,11-12H2,1H3. The van der Waals surface area contributed by atoms with Gasteiger partial charge in [0.15, 0.2) is 5.78 Å². The van der Waals surface area contributed by atoms with E-state index in [2.05, 4.69) is 16.0 Å². The minimum absolute atomic E-state index is 0.139. The van der Waals surface area contributed by atoms with E-state index >= 15 is 0 Å². The van der Waals surface area contributed by atoms with Crippen LogP contribution in [0.25, 0.3) is 0 Å². The molecule has 0 aromatic carbocycles. The monoisotopic (exact) mass is 300 g/mol. The fourth-order valence-corrected chi connectivity index (χ4v) is 3.89. The highest BCUT2D eigenvalue weighted by atomic mass is 32.1. The highest BCUT2D eigenvalue weighted by Gasteiger charge is 2.28. The van der Waals surface area contributed by atoms with Crippen molar-refractivity contribution in [1.82, 2.24) is 9.88 Å². The van der Waals surface area contributed by atoms with Crippen LogP contribution in [0.5, 0.6) is 0 Å².